The van der Waals surface area contributed by atoms with Crippen molar-refractivity contribution >= 4 is 34.1 Å². The van der Waals surface area contributed by atoms with Crippen molar-refractivity contribution in [2.45, 2.75) is 0 Å². The fraction of sp³-hybridized carbons (Fsp3) is 0. The zero-order valence-corrected chi connectivity index (χ0v) is 12.6. The normalized spacial score (nSPS) is 9.83. The molecule has 0 fully saturated rings. The van der Waals surface area contributed by atoms with Crippen LogP contribution in [0.4, 0.5) is 11.4 Å². The van der Waals surface area contributed by atoms with Crippen LogP contribution in [0.2, 0.25) is 0 Å². The number of anilines is 2. The van der Waals surface area contributed by atoms with Crippen molar-refractivity contribution in [3.63, 3.8) is 0 Å². The molecule has 6 N–H and O–H groups in total. The molecule has 0 unspecified atom stereocenters. The Labute approximate surface area is 137 Å². The van der Waals surface area contributed by atoms with Gasteiger partial charge in [0, 0.05) is 11.4 Å². The number of carbonyl (C=O) groups is 2. The smallest absolute Gasteiger partial charge is 0.335 e. The highest BCUT2D eigenvalue weighted by atomic mass is 16.4. The topological polar surface area (TPSA) is 127 Å². The molecule has 3 rings (SSSR count). The Balaban J connectivity index is 0.000000219. The average Bonchev–Trinajstić information content (AvgIpc) is 2.57. The van der Waals surface area contributed by atoms with Crippen LogP contribution in [0.5, 0.6) is 0 Å². The molecule has 0 radical (unpaired) electrons. The molecule has 0 amide bonds. The summed E-state index contributed by atoms with van der Waals surface area (Å²) in [6, 6.07) is 16.2. The summed E-state index contributed by atoms with van der Waals surface area (Å²) >= 11 is 0. The lowest BCUT2D eigenvalue weighted by Crippen LogP contribution is -1.97. The van der Waals surface area contributed by atoms with E-state index in [1.54, 1.807) is 36.4 Å². The Morgan fingerprint density at radius 2 is 0.958 bits per heavy atom. The van der Waals surface area contributed by atoms with E-state index in [4.69, 9.17) is 21.7 Å². The number of aromatic carboxylic acids is 2. The quantitative estimate of drug-likeness (QED) is 0.536. The monoisotopic (exact) mass is 324 g/mol. The van der Waals surface area contributed by atoms with E-state index >= 15 is 0 Å². The number of hydrogen-bond acceptors (Lipinski definition) is 4. The average molecular weight is 324 g/mol. The molecule has 0 aliphatic carbocycles. The van der Waals surface area contributed by atoms with Crippen molar-refractivity contribution in [2.24, 2.45) is 0 Å². The number of fused-ring (bicyclic) bond motifs is 1. The van der Waals surface area contributed by atoms with Gasteiger partial charge in [-0.3, -0.25) is 0 Å². The van der Waals surface area contributed by atoms with Gasteiger partial charge in [0.05, 0.1) is 11.1 Å². The van der Waals surface area contributed by atoms with E-state index in [0.717, 1.165) is 11.4 Å². The zero-order valence-electron chi connectivity index (χ0n) is 12.6. The van der Waals surface area contributed by atoms with Gasteiger partial charge < -0.3 is 21.7 Å². The van der Waals surface area contributed by atoms with E-state index in [9.17, 15) is 9.59 Å². The van der Waals surface area contributed by atoms with E-state index in [-0.39, 0.29) is 11.1 Å². The third-order valence-electron chi connectivity index (χ3n) is 3.27. The summed E-state index contributed by atoms with van der Waals surface area (Å²) in [7, 11) is 0. The maximum Gasteiger partial charge on any atom is 0.335 e. The van der Waals surface area contributed by atoms with Crippen molar-refractivity contribution in [1.29, 1.82) is 0 Å². The highest BCUT2D eigenvalue weighted by Gasteiger charge is 2.06. The van der Waals surface area contributed by atoms with Gasteiger partial charge in [0.1, 0.15) is 0 Å². The maximum atomic E-state index is 10.7. The molecule has 0 aliphatic rings. The van der Waals surface area contributed by atoms with Crippen LogP contribution < -0.4 is 11.5 Å². The number of nitrogen functional groups attached to an aromatic ring is 2. The minimum atomic E-state index is -0.996. The predicted molar refractivity (Wildman–Crippen MR) is 93.1 cm³/mol. The molecule has 0 bridgehead atoms. The largest absolute Gasteiger partial charge is 0.478 e. The van der Waals surface area contributed by atoms with E-state index in [0.29, 0.717) is 10.8 Å². The number of benzene rings is 3. The number of carboxylic acids is 2. The Bertz CT molecular complexity index is 815. The fourth-order valence-corrected chi connectivity index (χ4v) is 2.01. The van der Waals surface area contributed by atoms with Crippen molar-refractivity contribution in [2.75, 3.05) is 11.5 Å². The molecular formula is C18H16N2O4. The third-order valence-corrected chi connectivity index (χ3v) is 3.27. The Hall–Kier alpha value is -3.54. The molecule has 0 spiro atoms. The van der Waals surface area contributed by atoms with Crippen LogP contribution >= 0.6 is 0 Å². The maximum absolute atomic E-state index is 10.7. The van der Waals surface area contributed by atoms with Gasteiger partial charge in [-0.25, -0.2) is 9.59 Å². The molecule has 0 saturated carbocycles. The number of nitrogens with two attached hydrogens (primary N) is 2. The second kappa shape index (κ2) is 7.15. The molecule has 0 saturated heterocycles. The van der Waals surface area contributed by atoms with Gasteiger partial charge in [0.15, 0.2) is 0 Å². The van der Waals surface area contributed by atoms with Gasteiger partial charge in [0.25, 0.3) is 0 Å². The summed E-state index contributed by atoms with van der Waals surface area (Å²) in [5.41, 5.74) is 12.6. The van der Waals surface area contributed by atoms with Crippen LogP contribution in [0.25, 0.3) is 10.8 Å². The SMILES string of the molecule is Nc1ccc(N)cc1.O=C(O)c1ccc2cc(C(=O)O)ccc2c1. The summed E-state index contributed by atoms with van der Waals surface area (Å²) in [5.74, 6) is -1.99. The highest BCUT2D eigenvalue weighted by Crippen LogP contribution is 2.18. The van der Waals surface area contributed by atoms with Crippen molar-refractivity contribution in [3.05, 3.63) is 71.8 Å². The minimum absolute atomic E-state index is 0.190. The van der Waals surface area contributed by atoms with Crippen LogP contribution in [-0.2, 0) is 0 Å². The molecule has 3 aromatic rings. The molecule has 6 heteroatoms. The molecule has 0 aliphatic heterocycles. The minimum Gasteiger partial charge on any atom is -0.478 e. The molecule has 0 heterocycles. The lowest BCUT2D eigenvalue weighted by atomic mass is 10.0. The van der Waals surface area contributed by atoms with Crippen molar-refractivity contribution in [3.8, 4) is 0 Å². The van der Waals surface area contributed by atoms with Crippen molar-refractivity contribution in [1.82, 2.24) is 0 Å². The van der Waals surface area contributed by atoms with E-state index in [1.807, 2.05) is 0 Å². The summed E-state index contributed by atoms with van der Waals surface area (Å²) in [4.78, 5) is 21.5. The Kier molecular flexibility index (Phi) is 5.01. The first-order chi connectivity index (χ1) is 11.4. The highest BCUT2D eigenvalue weighted by molar-refractivity contribution is 5.97. The van der Waals surface area contributed by atoms with E-state index in [2.05, 4.69) is 0 Å². The fourth-order valence-electron chi connectivity index (χ4n) is 2.01. The lowest BCUT2D eigenvalue weighted by molar-refractivity contribution is 0.0686. The molecule has 122 valence electrons. The van der Waals surface area contributed by atoms with Gasteiger partial charge in [0.2, 0.25) is 0 Å². The predicted octanol–water partition coefficient (Wildman–Crippen LogP) is 3.09. The van der Waals surface area contributed by atoms with Crippen LogP contribution in [0, 0.1) is 0 Å². The molecule has 3 aromatic carbocycles. The van der Waals surface area contributed by atoms with Gasteiger partial charge in [-0.2, -0.15) is 0 Å². The van der Waals surface area contributed by atoms with Crippen LogP contribution in [0.15, 0.2) is 60.7 Å². The first-order valence-electron chi connectivity index (χ1n) is 6.98. The van der Waals surface area contributed by atoms with Gasteiger partial charge >= 0.3 is 11.9 Å². The summed E-state index contributed by atoms with van der Waals surface area (Å²) in [5, 5.41) is 19.0. The third kappa shape index (κ3) is 4.23. The van der Waals surface area contributed by atoms with Gasteiger partial charge in [-0.1, -0.05) is 12.1 Å². The van der Waals surface area contributed by atoms with Crippen LogP contribution in [-0.4, -0.2) is 22.2 Å². The van der Waals surface area contributed by atoms with E-state index < -0.39 is 11.9 Å². The first-order valence-corrected chi connectivity index (χ1v) is 6.98. The lowest BCUT2D eigenvalue weighted by Gasteiger charge is -2.01. The standard InChI is InChI=1S/C12H8O4.C6H8N2/c13-11(14)9-3-1-7-5-10(12(15)16)4-2-8(7)6-9;7-5-1-2-6(8)4-3-5/h1-6H,(H,13,14)(H,15,16);1-4H,7-8H2. The number of rotatable bonds is 2. The van der Waals surface area contributed by atoms with Crippen molar-refractivity contribution < 1.29 is 19.8 Å². The van der Waals surface area contributed by atoms with Crippen LogP contribution in [0.1, 0.15) is 20.7 Å². The molecule has 0 aromatic heterocycles. The molecule has 6 nitrogen and oxygen atoms in total. The van der Waals surface area contributed by atoms with Gasteiger partial charge in [-0.05, 0) is 59.3 Å². The van der Waals surface area contributed by atoms with Gasteiger partial charge in [-0.15, -0.1) is 0 Å². The second-order valence-corrected chi connectivity index (χ2v) is 5.05. The number of carboxylic acid groups (broad SMARTS) is 2. The first kappa shape index (κ1) is 16.8. The molecular weight excluding hydrogens is 308 g/mol. The summed E-state index contributed by atoms with van der Waals surface area (Å²) in [6.07, 6.45) is 0. The number of hydrogen-bond donors (Lipinski definition) is 4. The Morgan fingerprint density at radius 1 is 0.625 bits per heavy atom. The second-order valence-electron chi connectivity index (χ2n) is 5.05. The van der Waals surface area contributed by atoms with E-state index in [1.165, 1.54) is 24.3 Å². The Morgan fingerprint density at radius 3 is 1.25 bits per heavy atom. The molecule has 24 heavy (non-hydrogen) atoms. The van der Waals surface area contributed by atoms with Crippen LogP contribution in [0.3, 0.4) is 0 Å². The zero-order chi connectivity index (χ0) is 17.7. The summed E-state index contributed by atoms with van der Waals surface area (Å²) < 4.78 is 0. The molecule has 0 atom stereocenters. The summed E-state index contributed by atoms with van der Waals surface area (Å²) in [6.45, 7) is 0.